The van der Waals surface area contributed by atoms with Gasteiger partial charge in [0.15, 0.2) is 4.80 Å². The van der Waals surface area contributed by atoms with Crippen LogP contribution in [0.25, 0.3) is 11.3 Å². The zero-order valence-electron chi connectivity index (χ0n) is 20.6. The van der Waals surface area contributed by atoms with Crippen LogP contribution < -0.4 is 20.3 Å². The van der Waals surface area contributed by atoms with Crippen molar-refractivity contribution in [2.45, 2.75) is 6.54 Å². The quantitative estimate of drug-likeness (QED) is 0.405. The first-order valence-corrected chi connectivity index (χ1v) is 14.2. The van der Waals surface area contributed by atoms with E-state index in [1.54, 1.807) is 19.2 Å². The first kappa shape index (κ1) is 28.3. The van der Waals surface area contributed by atoms with E-state index in [-0.39, 0.29) is 11.8 Å². The standard InChI is InChI=1S/C23H26FN5O2S.CH4O3S/c1-25-22(30)26-9-10-29-21(16-32-23(29)27-19-4-2-3-18(24)15-19)17-5-7-20(8-6-17)28-11-13-31-14-12-28;1-5(2,3)4/h2-8,15-16H,9-14H2,1H3,(H2,25,26,30);1H3,(H,2,3,4). The molecule has 2 aromatic carbocycles. The lowest BCUT2D eigenvalue weighted by molar-refractivity contribution is 0.122. The molecular formula is C24H30FN5O5S2. The monoisotopic (exact) mass is 551 g/mol. The Bertz CT molecular complexity index is 1340. The topological polar surface area (TPSA) is 125 Å². The second-order valence-electron chi connectivity index (χ2n) is 8.03. The molecule has 37 heavy (non-hydrogen) atoms. The van der Waals surface area contributed by atoms with E-state index in [1.165, 1.54) is 29.2 Å². The Morgan fingerprint density at radius 3 is 2.49 bits per heavy atom. The molecule has 0 atom stereocenters. The number of amides is 2. The van der Waals surface area contributed by atoms with Gasteiger partial charge < -0.3 is 24.8 Å². The van der Waals surface area contributed by atoms with Crippen molar-refractivity contribution in [1.82, 2.24) is 15.2 Å². The predicted octanol–water partition coefficient (Wildman–Crippen LogP) is 2.86. The maximum absolute atomic E-state index is 13.6. The number of carbonyl (C=O) groups excluding carboxylic acids is 1. The SMILES string of the molecule is CNC(=O)NCCn1c(-c2ccc(N3CCOCC3)cc2)csc1=Nc1cccc(F)c1.CS(=O)(=O)O. The van der Waals surface area contributed by atoms with Crippen molar-refractivity contribution in [2.24, 2.45) is 4.99 Å². The number of carbonyl (C=O) groups is 1. The van der Waals surface area contributed by atoms with E-state index in [4.69, 9.17) is 9.29 Å². The summed E-state index contributed by atoms with van der Waals surface area (Å²) < 4.78 is 47.0. The highest BCUT2D eigenvalue weighted by Gasteiger charge is 2.13. The molecule has 10 nitrogen and oxygen atoms in total. The first-order valence-electron chi connectivity index (χ1n) is 11.4. The Labute approximate surface area is 219 Å². The van der Waals surface area contributed by atoms with Crippen LogP contribution in [0.2, 0.25) is 0 Å². The van der Waals surface area contributed by atoms with Crippen LogP contribution in [0, 0.1) is 5.82 Å². The summed E-state index contributed by atoms with van der Waals surface area (Å²) in [6, 6.07) is 14.4. The van der Waals surface area contributed by atoms with E-state index in [9.17, 15) is 17.6 Å². The van der Waals surface area contributed by atoms with Crippen molar-refractivity contribution in [3.63, 3.8) is 0 Å². The van der Waals surface area contributed by atoms with Crippen molar-refractivity contribution in [1.29, 1.82) is 0 Å². The molecule has 0 bridgehead atoms. The highest BCUT2D eigenvalue weighted by molar-refractivity contribution is 7.85. The molecule has 1 aliphatic rings. The molecular weight excluding hydrogens is 521 g/mol. The molecule has 4 rings (SSSR count). The van der Waals surface area contributed by atoms with E-state index in [2.05, 4.69) is 49.4 Å². The normalized spacial score (nSPS) is 14.1. The van der Waals surface area contributed by atoms with Crippen molar-refractivity contribution < 1.29 is 26.9 Å². The number of rotatable bonds is 6. The van der Waals surface area contributed by atoms with E-state index in [0.29, 0.717) is 25.0 Å². The number of urea groups is 1. The van der Waals surface area contributed by atoms with E-state index >= 15 is 0 Å². The number of halogens is 1. The lowest BCUT2D eigenvalue weighted by Crippen LogP contribution is -2.36. The molecule has 1 aromatic heterocycles. The third-order valence-corrected chi connectivity index (χ3v) is 6.08. The second-order valence-corrected chi connectivity index (χ2v) is 10.3. The number of hydrogen-bond donors (Lipinski definition) is 3. The molecule has 0 spiro atoms. The molecule has 3 aromatic rings. The molecule has 2 heterocycles. The summed E-state index contributed by atoms with van der Waals surface area (Å²) >= 11 is 1.49. The Morgan fingerprint density at radius 1 is 1.19 bits per heavy atom. The zero-order valence-corrected chi connectivity index (χ0v) is 22.2. The fourth-order valence-corrected chi connectivity index (χ4v) is 4.51. The third kappa shape index (κ3) is 9.28. The minimum Gasteiger partial charge on any atom is -0.378 e. The summed E-state index contributed by atoms with van der Waals surface area (Å²) in [6.45, 7) is 4.24. The summed E-state index contributed by atoms with van der Waals surface area (Å²) in [5.74, 6) is -0.324. The fourth-order valence-electron chi connectivity index (χ4n) is 3.56. The van der Waals surface area contributed by atoms with Crippen LogP contribution in [0.3, 0.4) is 0 Å². The minimum atomic E-state index is -3.67. The summed E-state index contributed by atoms with van der Waals surface area (Å²) in [7, 11) is -2.08. The largest absolute Gasteiger partial charge is 0.378 e. The highest BCUT2D eigenvalue weighted by Crippen LogP contribution is 2.25. The summed E-state index contributed by atoms with van der Waals surface area (Å²) in [6.07, 6.45) is 0.715. The van der Waals surface area contributed by atoms with Gasteiger partial charge in [-0.05, 0) is 35.9 Å². The number of morpholine rings is 1. The van der Waals surface area contributed by atoms with Gasteiger partial charge in [0.25, 0.3) is 10.1 Å². The van der Waals surface area contributed by atoms with Crippen molar-refractivity contribution in [2.75, 3.05) is 51.1 Å². The molecule has 2 amide bonds. The molecule has 1 saturated heterocycles. The van der Waals surface area contributed by atoms with Gasteiger partial charge in [-0.25, -0.2) is 14.2 Å². The number of hydrogen-bond acceptors (Lipinski definition) is 7. The van der Waals surface area contributed by atoms with E-state index < -0.39 is 10.1 Å². The van der Waals surface area contributed by atoms with Crippen LogP contribution in [0.4, 0.5) is 20.6 Å². The molecule has 0 aliphatic carbocycles. The lowest BCUT2D eigenvalue weighted by atomic mass is 10.1. The third-order valence-electron chi connectivity index (χ3n) is 5.22. The summed E-state index contributed by atoms with van der Waals surface area (Å²) in [5.41, 5.74) is 3.77. The van der Waals surface area contributed by atoms with Gasteiger partial charge in [0.2, 0.25) is 0 Å². The summed E-state index contributed by atoms with van der Waals surface area (Å²) in [5, 5.41) is 7.41. The number of benzene rings is 2. The minimum absolute atomic E-state index is 0.235. The molecule has 0 unspecified atom stereocenters. The number of nitrogens with one attached hydrogen (secondary N) is 2. The second kappa shape index (κ2) is 13.3. The van der Waals surface area contributed by atoms with Crippen LogP contribution in [-0.4, -0.2) is 69.7 Å². The van der Waals surface area contributed by atoms with Gasteiger partial charge >= 0.3 is 6.03 Å². The van der Waals surface area contributed by atoms with Crippen molar-refractivity contribution in [3.8, 4) is 11.3 Å². The number of nitrogens with zero attached hydrogens (tertiary/aromatic N) is 3. The Morgan fingerprint density at radius 2 is 1.86 bits per heavy atom. The van der Waals surface area contributed by atoms with Gasteiger partial charge in [0, 0.05) is 44.3 Å². The number of ether oxygens (including phenoxy) is 1. The molecule has 1 aliphatic heterocycles. The van der Waals surface area contributed by atoms with E-state index in [0.717, 1.165) is 42.4 Å². The number of thiazole rings is 1. The predicted molar refractivity (Wildman–Crippen MR) is 142 cm³/mol. The average molecular weight is 552 g/mol. The van der Waals surface area contributed by atoms with Gasteiger partial charge in [-0.1, -0.05) is 18.2 Å². The summed E-state index contributed by atoms with van der Waals surface area (Å²) in [4.78, 5) is 19.3. The average Bonchev–Trinajstić information content (AvgIpc) is 3.25. The fraction of sp³-hybridized carbons (Fsp3) is 0.333. The van der Waals surface area contributed by atoms with Gasteiger partial charge in [-0.3, -0.25) is 4.55 Å². The molecule has 1 fully saturated rings. The number of aromatic nitrogens is 1. The maximum atomic E-state index is 13.6. The zero-order chi connectivity index (χ0) is 26.8. The van der Waals surface area contributed by atoms with Gasteiger partial charge in [0.1, 0.15) is 5.82 Å². The molecule has 0 saturated carbocycles. The molecule has 0 radical (unpaired) electrons. The van der Waals surface area contributed by atoms with Crippen LogP contribution in [0.15, 0.2) is 58.9 Å². The van der Waals surface area contributed by atoms with Crippen molar-refractivity contribution >= 4 is 38.9 Å². The van der Waals surface area contributed by atoms with Gasteiger partial charge in [-0.2, -0.15) is 8.42 Å². The lowest BCUT2D eigenvalue weighted by Gasteiger charge is -2.28. The molecule has 200 valence electrons. The van der Waals surface area contributed by atoms with Crippen LogP contribution in [0.1, 0.15) is 0 Å². The van der Waals surface area contributed by atoms with Crippen LogP contribution in [-0.2, 0) is 21.4 Å². The number of anilines is 1. The highest BCUT2D eigenvalue weighted by atomic mass is 32.2. The van der Waals surface area contributed by atoms with Crippen LogP contribution in [0.5, 0.6) is 0 Å². The maximum Gasteiger partial charge on any atom is 0.314 e. The van der Waals surface area contributed by atoms with Crippen LogP contribution >= 0.6 is 11.3 Å². The van der Waals surface area contributed by atoms with Crippen molar-refractivity contribution in [3.05, 3.63) is 64.5 Å². The first-order chi connectivity index (χ1) is 17.6. The Hall–Kier alpha value is -3.26. The van der Waals surface area contributed by atoms with E-state index in [1.807, 2.05) is 5.38 Å². The van der Waals surface area contributed by atoms with Gasteiger partial charge in [-0.15, -0.1) is 11.3 Å². The molecule has 13 heteroatoms. The Kier molecular flexibility index (Phi) is 10.2. The van der Waals surface area contributed by atoms with Gasteiger partial charge in [0.05, 0.1) is 30.9 Å². The Balaban J connectivity index is 0.000000695. The smallest absolute Gasteiger partial charge is 0.314 e. The molecule has 3 N–H and O–H groups in total.